The Morgan fingerprint density at radius 3 is 2.65 bits per heavy atom. The van der Waals surface area contributed by atoms with Crippen LogP contribution in [0.2, 0.25) is 0 Å². The molecule has 3 rings (SSSR count). The van der Waals surface area contributed by atoms with Gasteiger partial charge in [-0.1, -0.05) is 54.3 Å². The number of thioether (sulfide) groups is 1. The van der Waals surface area contributed by atoms with E-state index in [1.165, 1.54) is 9.47 Å². The average Bonchev–Trinajstić information content (AvgIpc) is 3.07. The number of rotatable bonds is 9. The number of aromatic nitrogens is 1. The highest BCUT2D eigenvalue weighted by molar-refractivity contribution is 8.26. The lowest BCUT2D eigenvalue weighted by Crippen LogP contribution is -2.29. The smallest absolute Gasteiger partial charge is 0.303 e. The fourth-order valence-corrected chi connectivity index (χ4v) is 4.92. The van der Waals surface area contributed by atoms with Crippen molar-refractivity contribution in [3.05, 3.63) is 67.8 Å². The number of aliphatic carboxylic acids is 1. The highest BCUT2D eigenvalue weighted by atomic mass is 32.2. The van der Waals surface area contributed by atoms with Crippen LogP contribution in [0.25, 0.3) is 6.08 Å². The molecule has 1 aromatic heterocycles. The zero-order chi connectivity index (χ0) is 24.8. The van der Waals surface area contributed by atoms with Crippen LogP contribution in [-0.2, 0) is 23.1 Å². The molecule has 0 unspecified atom stereocenters. The molecule has 0 aliphatic carbocycles. The molecule has 0 atom stereocenters. The van der Waals surface area contributed by atoms with E-state index in [4.69, 9.17) is 17.3 Å². The minimum Gasteiger partial charge on any atom is -0.481 e. The quantitative estimate of drug-likeness (QED) is 0.401. The summed E-state index contributed by atoms with van der Waals surface area (Å²) in [6.07, 6.45) is 2.60. The van der Waals surface area contributed by atoms with Crippen molar-refractivity contribution in [2.24, 2.45) is 7.05 Å². The number of carboxylic acid groups (broad SMARTS) is 1. The first-order valence-electron chi connectivity index (χ1n) is 10.6. The van der Waals surface area contributed by atoms with E-state index in [0.29, 0.717) is 39.1 Å². The Bertz CT molecular complexity index is 1260. The Hall–Kier alpha value is -3.42. The van der Waals surface area contributed by atoms with Crippen LogP contribution in [0.15, 0.2) is 40.0 Å². The van der Waals surface area contributed by atoms with E-state index in [9.17, 15) is 19.6 Å². The number of benzene rings is 1. The van der Waals surface area contributed by atoms with Crippen LogP contribution < -0.4 is 10.9 Å². The van der Waals surface area contributed by atoms with Gasteiger partial charge in [0.2, 0.25) is 0 Å². The molecule has 0 saturated carbocycles. The number of hydrogen-bond acceptors (Lipinski definition) is 7. The zero-order valence-corrected chi connectivity index (χ0v) is 20.5. The van der Waals surface area contributed by atoms with Gasteiger partial charge in [0, 0.05) is 32.1 Å². The minimum atomic E-state index is -0.933. The molecule has 2 aromatic rings. The van der Waals surface area contributed by atoms with Crippen LogP contribution in [0, 0.1) is 18.3 Å². The maximum absolute atomic E-state index is 13.0. The summed E-state index contributed by atoms with van der Waals surface area (Å²) in [5, 5.41) is 21.7. The number of thiocarbonyl (C=S) groups is 1. The Morgan fingerprint density at radius 2 is 2.00 bits per heavy atom. The molecule has 1 fully saturated rings. The predicted octanol–water partition coefficient (Wildman–Crippen LogP) is 3.29. The van der Waals surface area contributed by atoms with Crippen LogP contribution in [-0.4, -0.2) is 43.9 Å². The van der Waals surface area contributed by atoms with Gasteiger partial charge >= 0.3 is 5.97 Å². The standard InChI is InChI=1S/C24H24N4O4S2/c1-15-17(13-19-23(32)28(24(33)34-19)12-6-9-20(29)30)21(27(2)22(31)18(15)14-25)26-11-10-16-7-4-3-5-8-16/h3-5,7-8,13,26H,6,9-12H2,1-2H3,(H,29,30)/b19-13+. The third kappa shape index (κ3) is 5.55. The molecule has 1 aliphatic rings. The van der Waals surface area contributed by atoms with Gasteiger partial charge in [-0.05, 0) is 37.0 Å². The fourth-order valence-electron chi connectivity index (χ4n) is 3.63. The number of carboxylic acids is 1. The van der Waals surface area contributed by atoms with E-state index >= 15 is 0 Å². The van der Waals surface area contributed by atoms with E-state index in [2.05, 4.69) is 5.32 Å². The molecule has 34 heavy (non-hydrogen) atoms. The summed E-state index contributed by atoms with van der Waals surface area (Å²) >= 11 is 6.45. The normalized spacial score (nSPS) is 14.5. The molecule has 2 N–H and O–H groups in total. The summed E-state index contributed by atoms with van der Waals surface area (Å²) in [5.74, 6) is -0.743. The summed E-state index contributed by atoms with van der Waals surface area (Å²) in [7, 11) is 1.59. The van der Waals surface area contributed by atoms with Crippen LogP contribution >= 0.6 is 24.0 Å². The molecule has 1 amide bonds. The largest absolute Gasteiger partial charge is 0.481 e. The summed E-state index contributed by atoms with van der Waals surface area (Å²) < 4.78 is 1.74. The molecular formula is C24H24N4O4S2. The van der Waals surface area contributed by atoms with Crippen molar-refractivity contribution in [2.75, 3.05) is 18.4 Å². The topological polar surface area (TPSA) is 115 Å². The number of carbonyl (C=O) groups is 2. The van der Waals surface area contributed by atoms with Crippen LogP contribution in [0.5, 0.6) is 0 Å². The molecule has 8 nitrogen and oxygen atoms in total. The Labute approximate surface area is 206 Å². The van der Waals surface area contributed by atoms with Crippen molar-refractivity contribution in [1.29, 1.82) is 5.26 Å². The number of nitrogens with one attached hydrogen (secondary N) is 1. The first-order chi connectivity index (χ1) is 16.2. The summed E-state index contributed by atoms with van der Waals surface area (Å²) in [6, 6.07) is 11.9. The van der Waals surface area contributed by atoms with Gasteiger partial charge in [-0.2, -0.15) is 5.26 Å². The molecular weight excluding hydrogens is 472 g/mol. The highest BCUT2D eigenvalue weighted by Crippen LogP contribution is 2.35. The lowest BCUT2D eigenvalue weighted by molar-refractivity contribution is -0.137. The van der Waals surface area contributed by atoms with Crippen LogP contribution in [0.3, 0.4) is 0 Å². The van der Waals surface area contributed by atoms with Gasteiger partial charge < -0.3 is 10.4 Å². The van der Waals surface area contributed by atoms with Gasteiger partial charge in [-0.15, -0.1) is 0 Å². The second kappa shape index (κ2) is 11.1. The number of carbonyl (C=O) groups excluding carboxylic acids is 1. The van der Waals surface area contributed by atoms with Crippen molar-refractivity contribution in [3.8, 4) is 6.07 Å². The van der Waals surface area contributed by atoms with Crippen molar-refractivity contribution in [1.82, 2.24) is 9.47 Å². The van der Waals surface area contributed by atoms with E-state index in [1.54, 1.807) is 20.0 Å². The zero-order valence-electron chi connectivity index (χ0n) is 18.8. The number of pyridine rings is 1. The lowest BCUT2D eigenvalue weighted by atomic mass is 10.0. The second-order valence-corrected chi connectivity index (χ2v) is 9.41. The second-order valence-electron chi connectivity index (χ2n) is 7.73. The van der Waals surface area contributed by atoms with E-state index in [-0.39, 0.29) is 24.4 Å². The van der Waals surface area contributed by atoms with Gasteiger partial charge in [-0.3, -0.25) is 23.9 Å². The maximum atomic E-state index is 13.0. The number of anilines is 1. The molecule has 0 bridgehead atoms. The molecule has 0 radical (unpaired) electrons. The van der Waals surface area contributed by atoms with Crippen molar-refractivity contribution < 1.29 is 14.7 Å². The average molecular weight is 497 g/mol. The predicted molar refractivity (Wildman–Crippen MR) is 137 cm³/mol. The third-order valence-electron chi connectivity index (χ3n) is 5.47. The van der Waals surface area contributed by atoms with E-state index in [1.807, 2.05) is 36.4 Å². The molecule has 2 heterocycles. The van der Waals surface area contributed by atoms with Crippen molar-refractivity contribution in [2.45, 2.75) is 26.2 Å². The summed E-state index contributed by atoms with van der Waals surface area (Å²) in [6.45, 7) is 2.44. The van der Waals surface area contributed by atoms with Gasteiger partial charge in [0.15, 0.2) is 0 Å². The Morgan fingerprint density at radius 1 is 1.29 bits per heavy atom. The van der Waals surface area contributed by atoms with Gasteiger partial charge in [0.05, 0.1) is 4.91 Å². The molecule has 1 aliphatic heterocycles. The number of nitrogens with zero attached hydrogens (tertiary/aromatic N) is 3. The fraction of sp³-hybridized carbons (Fsp3) is 0.292. The SMILES string of the molecule is Cc1c(/C=C2/SC(=S)N(CCCC(=O)O)C2=O)c(NCCc2ccccc2)n(C)c(=O)c1C#N. The lowest BCUT2D eigenvalue weighted by Gasteiger charge is -2.18. The number of hydrogen-bond donors (Lipinski definition) is 2. The highest BCUT2D eigenvalue weighted by Gasteiger charge is 2.32. The molecule has 1 saturated heterocycles. The van der Waals surface area contributed by atoms with Gasteiger partial charge in [0.1, 0.15) is 21.8 Å². The number of nitriles is 1. The maximum Gasteiger partial charge on any atom is 0.303 e. The third-order valence-corrected chi connectivity index (χ3v) is 6.85. The monoisotopic (exact) mass is 496 g/mol. The molecule has 10 heteroatoms. The van der Waals surface area contributed by atoms with Crippen LogP contribution in [0.4, 0.5) is 5.82 Å². The first kappa shape index (κ1) is 25.2. The Balaban J connectivity index is 1.93. The first-order valence-corrected chi connectivity index (χ1v) is 11.9. The molecule has 176 valence electrons. The molecule has 0 spiro atoms. The van der Waals surface area contributed by atoms with E-state index < -0.39 is 11.5 Å². The van der Waals surface area contributed by atoms with Crippen molar-refractivity contribution >= 4 is 52.1 Å². The van der Waals surface area contributed by atoms with Gasteiger partial charge in [-0.25, -0.2) is 0 Å². The summed E-state index contributed by atoms with van der Waals surface area (Å²) in [5.41, 5.74) is 1.77. The van der Waals surface area contributed by atoms with Crippen molar-refractivity contribution in [3.63, 3.8) is 0 Å². The summed E-state index contributed by atoms with van der Waals surface area (Å²) in [4.78, 5) is 38.3. The van der Waals surface area contributed by atoms with E-state index in [0.717, 1.165) is 23.7 Å². The minimum absolute atomic E-state index is 0.0132. The Kier molecular flexibility index (Phi) is 8.26. The molecule has 1 aromatic carbocycles. The number of amides is 1. The van der Waals surface area contributed by atoms with Gasteiger partial charge in [0.25, 0.3) is 11.5 Å². The van der Waals surface area contributed by atoms with Crippen LogP contribution in [0.1, 0.15) is 35.1 Å².